The Kier molecular flexibility index (Phi) is 6.39. The van der Waals surface area contributed by atoms with Gasteiger partial charge in [0.1, 0.15) is 17.2 Å². The predicted octanol–water partition coefficient (Wildman–Crippen LogP) is 2.90. The van der Waals surface area contributed by atoms with Crippen LogP contribution in [0.3, 0.4) is 0 Å². The fraction of sp³-hybridized carbons (Fsp3) is 0.263. The number of hydrogen-bond acceptors (Lipinski definition) is 6. The molecule has 2 aromatic carbocycles. The number of rotatable bonds is 8. The van der Waals surface area contributed by atoms with Crippen molar-refractivity contribution in [2.24, 2.45) is 0 Å². The van der Waals surface area contributed by atoms with E-state index in [4.69, 9.17) is 18.9 Å². The standard InChI is InChI=1S/C19H20O6/c1-13(25-14-7-5-4-6-8-14)19(21)24-12-17(20)16-10-9-15(22-2)11-18(16)23-3/h4-11,13H,12H2,1-3H3/t13-/m1/s1. The smallest absolute Gasteiger partial charge is 0.347 e. The summed E-state index contributed by atoms with van der Waals surface area (Å²) in [5.41, 5.74) is 0.313. The molecule has 0 amide bonds. The summed E-state index contributed by atoms with van der Waals surface area (Å²) in [7, 11) is 2.97. The third kappa shape index (κ3) is 4.97. The number of Topliss-reactive ketones (excluding diaryl/α,β-unsaturated/α-hetero) is 1. The van der Waals surface area contributed by atoms with Crippen LogP contribution in [0.4, 0.5) is 0 Å². The topological polar surface area (TPSA) is 71.1 Å². The molecule has 0 heterocycles. The zero-order valence-corrected chi connectivity index (χ0v) is 14.4. The molecular formula is C19H20O6. The van der Waals surface area contributed by atoms with E-state index in [0.717, 1.165) is 0 Å². The van der Waals surface area contributed by atoms with Gasteiger partial charge in [-0.25, -0.2) is 4.79 Å². The minimum Gasteiger partial charge on any atom is -0.497 e. The monoisotopic (exact) mass is 344 g/mol. The molecular weight excluding hydrogens is 324 g/mol. The quantitative estimate of drug-likeness (QED) is 0.542. The van der Waals surface area contributed by atoms with Gasteiger partial charge in [-0.15, -0.1) is 0 Å². The lowest BCUT2D eigenvalue weighted by Crippen LogP contribution is -2.28. The Morgan fingerprint density at radius 2 is 1.68 bits per heavy atom. The van der Waals surface area contributed by atoms with Crippen LogP contribution in [0.25, 0.3) is 0 Å². The number of hydrogen-bond donors (Lipinski definition) is 0. The van der Waals surface area contributed by atoms with E-state index >= 15 is 0 Å². The summed E-state index contributed by atoms with van der Waals surface area (Å²) in [6.45, 7) is 1.16. The zero-order valence-electron chi connectivity index (χ0n) is 14.4. The molecule has 6 nitrogen and oxygen atoms in total. The summed E-state index contributed by atoms with van der Waals surface area (Å²) in [5, 5.41) is 0. The Morgan fingerprint density at radius 3 is 2.32 bits per heavy atom. The molecule has 0 radical (unpaired) electrons. The van der Waals surface area contributed by atoms with Gasteiger partial charge in [-0.1, -0.05) is 18.2 Å². The summed E-state index contributed by atoms with van der Waals surface area (Å²) < 4.78 is 20.8. The van der Waals surface area contributed by atoms with Crippen LogP contribution in [0.5, 0.6) is 17.2 Å². The molecule has 1 atom stereocenters. The number of para-hydroxylation sites is 1. The lowest BCUT2D eigenvalue weighted by molar-refractivity contribution is -0.149. The minimum absolute atomic E-state index is 0.313. The summed E-state index contributed by atoms with van der Waals surface area (Å²) in [6, 6.07) is 13.7. The van der Waals surface area contributed by atoms with Crippen molar-refractivity contribution in [3.8, 4) is 17.2 Å². The molecule has 0 N–H and O–H groups in total. The minimum atomic E-state index is -0.826. The first-order chi connectivity index (χ1) is 12.0. The molecule has 0 aliphatic carbocycles. The van der Waals surface area contributed by atoms with E-state index in [-0.39, 0.29) is 5.78 Å². The Hall–Kier alpha value is -3.02. The van der Waals surface area contributed by atoms with Crippen molar-refractivity contribution in [2.75, 3.05) is 20.8 Å². The maximum absolute atomic E-state index is 12.3. The van der Waals surface area contributed by atoms with Crippen LogP contribution in [-0.2, 0) is 9.53 Å². The van der Waals surface area contributed by atoms with Gasteiger partial charge in [-0.05, 0) is 31.2 Å². The summed E-state index contributed by atoms with van der Waals surface area (Å²) >= 11 is 0. The average Bonchev–Trinajstić information content (AvgIpc) is 2.65. The third-order valence-electron chi connectivity index (χ3n) is 3.44. The number of ether oxygens (including phenoxy) is 4. The van der Waals surface area contributed by atoms with Gasteiger partial charge in [0.15, 0.2) is 12.7 Å². The van der Waals surface area contributed by atoms with E-state index in [1.54, 1.807) is 49.4 Å². The maximum atomic E-state index is 12.3. The van der Waals surface area contributed by atoms with E-state index in [9.17, 15) is 9.59 Å². The second-order valence-electron chi connectivity index (χ2n) is 5.17. The summed E-state index contributed by atoms with van der Waals surface area (Å²) in [4.78, 5) is 24.3. The van der Waals surface area contributed by atoms with Crippen molar-refractivity contribution in [2.45, 2.75) is 13.0 Å². The van der Waals surface area contributed by atoms with Crippen molar-refractivity contribution in [1.29, 1.82) is 0 Å². The van der Waals surface area contributed by atoms with Crippen LogP contribution >= 0.6 is 0 Å². The Bertz CT molecular complexity index is 726. The van der Waals surface area contributed by atoms with Crippen LogP contribution in [0, 0.1) is 0 Å². The lowest BCUT2D eigenvalue weighted by Gasteiger charge is -2.14. The predicted molar refractivity (Wildman–Crippen MR) is 91.4 cm³/mol. The zero-order chi connectivity index (χ0) is 18.2. The van der Waals surface area contributed by atoms with E-state index in [2.05, 4.69) is 0 Å². The van der Waals surface area contributed by atoms with Gasteiger partial charge >= 0.3 is 5.97 Å². The molecule has 0 unspecified atom stereocenters. The van der Waals surface area contributed by atoms with Crippen LogP contribution in [-0.4, -0.2) is 38.7 Å². The Morgan fingerprint density at radius 1 is 0.960 bits per heavy atom. The SMILES string of the molecule is COc1ccc(C(=O)COC(=O)[C@@H](C)Oc2ccccc2)c(OC)c1. The second-order valence-corrected chi connectivity index (χ2v) is 5.17. The number of carbonyl (C=O) groups is 2. The average molecular weight is 344 g/mol. The van der Waals surface area contributed by atoms with Gasteiger partial charge in [0.05, 0.1) is 19.8 Å². The van der Waals surface area contributed by atoms with E-state index < -0.39 is 18.7 Å². The molecule has 6 heteroatoms. The van der Waals surface area contributed by atoms with Crippen molar-refractivity contribution in [1.82, 2.24) is 0 Å². The number of ketones is 1. The highest BCUT2D eigenvalue weighted by Crippen LogP contribution is 2.25. The van der Waals surface area contributed by atoms with Crippen molar-refractivity contribution in [3.05, 3.63) is 54.1 Å². The molecule has 0 bridgehead atoms. The molecule has 2 rings (SSSR count). The van der Waals surface area contributed by atoms with E-state index in [1.165, 1.54) is 14.2 Å². The number of carbonyl (C=O) groups excluding carboxylic acids is 2. The number of benzene rings is 2. The number of esters is 1. The largest absolute Gasteiger partial charge is 0.497 e. The fourth-order valence-electron chi connectivity index (χ4n) is 2.11. The normalized spacial score (nSPS) is 11.3. The first-order valence-electron chi connectivity index (χ1n) is 7.68. The molecule has 0 saturated heterocycles. The molecule has 132 valence electrons. The molecule has 0 saturated carbocycles. The molecule has 0 spiro atoms. The van der Waals surface area contributed by atoms with Crippen molar-refractivity contribution < 1.29 is 28.5 Å². The van der Waals surface area contributed by atoms with Crippen molar-refractivity contribution >= 4 is 11.8 Å². The molecule has 0 aromatic heterocycles. The lowest BCUT2D eigenvalue weighted by atomic mass is 10.1. The number of methoxy groups -OCH3 is 2. The molecule has 2 aromatic rings. The van der Waals surface area contributed by atoms with E-state index in [1.807, 2.05) is 6.07 Å². The Balaban J connectivity index is 1.94. The molecule has 0 fully saturated rings. The van der Waals surface area contributed by atoms with Gasteiger partial charge in [0, 0.05) is 6.07 Å². The van der Waals surface area contributed by atoms with Crippen LogP contribution in [0.1, 0.15) is 17.3 Å². The highest BCUT2D eigenvalue weighted by Gasteiger charge is 2.20. The molecule has 0 aliphatic rings. The first-order valence-corrected chi connectivity index (χ1v) is 7.68. The van der Waals surface area contributed by atoms with E-state index in [0.29, 0.717) is 22.8 Å². The van der Waals surface area contributed by atoms with Gasteiger partial charge in [-0.2, -0.15) is 0 Å². The van der Waals surface area contributed by atoms with Crippen molar-refractivity contribution in [3.63, 3.8) is 0 Å². The summed E-state index contributed by atoms with van der Waals surface area (Å²) in [5.74, 6) is 0.476. The third-order valence-corrected chi connectivity index (χ3v) is 3.44. The van der Waals surface area contributed by atoms with Crippen LogP contribution < -0.4 is 14.2 Å². The van der Waals surface area contributed by atoms with Gasteiger partial charge < -0.3 is 18.9 Å². The fourth-order valence-corrected chi connectivity index (χ4v) is 2.11. The van der Waals surface area contributed by atoms with Gasteiger partial charge in [0.2, 0.25) is 5.78 Å². The summed E-state index contributed by atoms with van der Waals surface area (Å²) in [6.07, 6.45) is -0.826. The maximum Gasteiger partial charge on any atom is 0.347 e. The molecule has 25 heavy (non-hydrogen) atoms. The van der Waals surface area contributed by atoms with Gasteiger partial charge in [0.25, 0.3) is 0 Å². The van der Waals surface area contributed by atoms with Gasteiger partial charge in [-0.3, -0.25) is 4.79 Å². The van der Waals surface area contributed by atoms with Crippen LogP contribution in [0.15, 0.2) is 48.5 Å². The highest BCUT2D eigenvalue weighted by molar-refractivity contribution is 6.00. The second kappa shape index (κ2) is 8.73. The van der Waals surface area contributed by atoms with Crippen LogP contribution in [0.2, 0.25) is 0 Å². The highest BCUT2D eigenvalue weighted by atomic mass is 16.6. The first kappa shape index (κ1) is 18.3. The Labute approximate surface area is 146 Å². The molecule has 0 aliphatic heterocycles.